The van der Waals surface area contributed by atoms with Crippen molar-refractivity contribution in [3.63, 3.8) is 0 Å². The Morgan fingerprint density at radius 2 is 1.86 bits per heavy atom. The van der Waals surface area contributed by atoms with E-state index in [0.29, 0.717) is 5.92 Å². The molecule has 4 rings (SSSR count). The summed E-state index contributed by atoms with van der Waals surface area (Å²) in [4.78, 5) is 12.3. The number of nitrogens with two attached hydrogens (primary N) is 1. The minimum Gasteiger partial charge on any atom is -0.496 e. The zero-order valence-corrected chi connectivity index (χ0v) is 18.9. The van der Waals surface area contributed by atoms with Gasteiger partial charge in [-0.1, -0.05) is 39.8 Å². The molecule has 1 fully saturated rings. The van der Waals surface area contributed by atoms with Gasteiger partial charge in [-0.15, -0.1) is 0 Å². The lowest BCUT2D eigenvalue weighted by Crippen LogP contribution is -2.37. The van der Waals surface area contributed by atoms with Gasteiger partial charge in [-0.05, 0) is 55.6 Å². The number of hydrogen-bond acceptors (Lipinski definition) is 6. The van der Waals surface area contributed by atoms with E-state index in [2.05, 4.69) is 26.9 Å². The molecule has 29 heavy (non-hydrogen) atoms. The number of ether oxygens (including phenoxy) is 1. The second kappa shape index (κ2) is 9.32. The highest BCUT2D eigenvalue weighted by molar-refractivity contribution is 9.10. The smallest absolute Gasteiger partial charge is 0.161 e. The monoisotopic (exact) mass is 472 g/mol. The third-order valence-electron chi connectivity index (χ3n) is 5.38. The molecule has 1 aromatic heterocycles. The average Bonchev–Trinajstić information content (AvgIpc) is 2.77. The molecule has 0 aliphatic carbocycles. The minimum atomic E-state index is 0.613. The second-order valence-corrected chi connectivity index (χ2v) is 9.13. The number of piperidine rings is 1. The summed E-state index contributed by atoms with van der Waals surface area (Å²) in [6.07, 6.45) is 2.21. The van der Waals surface area contributed by atoms with E-state index in [1.165, 1.54) is 0 Å². The van der Waals surface area contributed by atoms with Gasteiger partial charge in [0.2, 0.25) is 0 Å². The minimum absolute atomic E-state index is 0.613. The van der Waals surface area contributed by atoms with Crippen LogP contribution in [0, 0.1) is 5.92 Å². The molecule has 0 radical (unpaired) electrons. The Morgan fingerprint density at radius 3 is 2.55 bits per heavy atom. The van der Waals surface area contributed by atoms with Gasteiger partial charge < -0.3 is 15.4 Å². The lowest BCUT2D eigenvalue weighted by molar-refractivity contribution is 0.411. The molecule has 0 amide bonds. The summed E-state index contributed by atoms with van der Waals surface area (Å²) >= 11 is 5.28. The summed E-state index contributed by atoms with van der Waals surface area (Å²) < 4.78 is 6.58. The van der Waals surface area contributed by atoms with Crippen LogP contribution in [0.15, 0.2) is 52.0 Å². The third kappa shape index (κ3) is 4.68. The first kappa shape index (κ1) is 20.4. The van der Waals surface area contributed by atoms with Crippen molar-refractivity contribution in [2.75, 3.05) is 31.6 Å². The second-order valence-electron chi connectivity index (χ2n) is 7.25. The zero-order valence-electron chi connectivity index (χ0n) is 16.5. The number of anilines is 1. The Morgan fingerprint density at radius 1 is 1.14 bits per heavy atom. The van der Waals surface area contributed by atoms with Crippen LogP contribution >= 0.6 is 27.7 Å². The highest BCUT2D eigenvalue weighted by atomic mass is 79.9. The molecule has 2 aromatic carbocycles. The Labute approximate surface area is 184 Å². The van der Waals surface area contributed by atoms with Gasteiger partial charge in [0.15, 0.2) is 5.82 Å². The van der Waals surface area contributed by atoms with Crippen LogP contribution in [0.4, 0.5) is 5.82 Å². The lowest BCUT2D eigenvalue weighted by atomic mass is 9.97. The Hall–Kier alpha value is -1.83. The number of nitrogens with zero attached hydrogens (tertiary/aromatic N) is 3. The van der Waals surface area contributed by atoms with Gasteiger partial charge in [0.25, 0.3) is 0 Å². The summed E-state index contributed by atoms with van der Waals surface area (Å²) in [5, 5.41) is 0.969. The van der Waals surface area contributed by atoms with Crippen LogP contribution in [0.5, 0.6) is 5.75 Å². The maximum absolute atomic E-state index is 5.88. The third-order valence-corrected chi connectivity index (χ3v) is 6.87. The fraction of sp³-hybridized carbons (Fsp3) is 0.364. The van der Waals surface area contributed by atoms with Crippen molar-refractivity contribution in [1.29, 1.82) is 0 Å². The first-order valence-electron chi connectivity index (χ1n) is 9.85. The van der Waals surface area contributed by atoms with Crippen molar-refractivity contribution in [2.45, 2.75) is 23.6 Å². The molecule has 1 saturated heterocycles. The maximum atomic E-state index is 5.88. The van der Waals surface area contributed by atoms with Gasteiger partial charge in [0.05, 0.1) is 18.1 Å². The van der Waals surface area contributed by atoms with Crippen LogP contribution in [0.2, 0.25) is 0 Å². The van der Waals surface area contributed by atoms with E-state index in [9.17, 15) is 0 Å². The summed E-state index contributed by atoms with van der Waals surface area (Å²) in [5.41, 5.74) is 8.88. The molecule has 0 bridgehead atoms. The highest BCUT2D eigenvalue weighted by Gasteiger charge is 2.23. The number of fused-ring (bicyclic) bond motifs is 1. The van der Waals surface area contributed by atoms with Crippen LogP contribution < -0.4 is 15.4 Å². The van der Waals surface area contributed by atoms with Crippen LogP contribution in [-0.4, -0.2) is 36.7 Å². The number of thioether (sulfide) groups is 1. The van der Waals surface area contributed by atoms with E-state index in [4.69, 9.17) is 20.4 Å². The number of para-hydroxylation sites is 2. The molecule has 5 nitrogen and oxygen atoms in total. The lowest BCUT2D eigenvalue weighted by Gasteiger charge is -2.33. The van der Waals surface area contributed by atoms with E-state index in [1.54, 1.807) is 18.9 Å². The van der Waals surface area contributed by atoms with Crippen molar-refractivity contribution in [2.24, 2.45) is 11.7 Å². The first-order chi connectivity index (χ1) is 14.2. The molecular formula is C22H25BrN4OS. The topological polar surface area (TPSA) is 64.3 Å². The number of aromatic nitrogens is 2. The molecule has 2 heterocycles. The number of hydrogen-bond donors (Lipinski definition) is 1. The summed E-state index contributed by atoms with van der Waals surface area (Å²) in [6, 6.07) is 14.2. The standard InChI is InChI=1S/C22H25BrN4OS/c1-28-20-7-6-17(23)12-16(20)14-29-22-21(27-10-8-15(13-24)9-11-27)25-18-4-2-3-5-19(18)26-22/h2-7,12,15H,8-11,13-14,24H2,1H3. The first-order valence-corrected chi connectivity index (χ1v) is 11.6. The van der Waals surface area contributed by atoms with Gasteiger partial charge in [0.1, 0.15) is 10.8 Å². The van der Waals surface area contributed by atoms with E-state index in [1.807, 2.05) is 36.4 Å². The average molecular weight is 473 g/mol. The fourth-order valence-corrected chi connectivity index (χ4v) is 5.06. The molecule has 0 atom stereocenters. The van der Waals surface area contributed by atoms with E-state index in [0.717, 1.165) is 75.9 Å². The number of methoxy groups -OCH3 is 1. The molecule has 0 spiro atoms. The SMILES string of the molecule is COc1ccc(Br)cc1CSc1nc2ccccc2nc1N1CCC(CN)CC1. The van der Waals surface area contributed by atoms with Crippen LogP contribution in [0.3, 0.4) is 0 Å². The molecule has 1 aliphatic rings. The normalized spacial score (nSPS) is 15.1. The van der Waals surface area contributed by atoms with Gasteiger partial charge in [-0.3, -0.25) is 0 Å². The predicted octanol–water partition coefficient (Wildman–Crippen LogP) is 4.87. The van der Waals surface area contributed by atoms with Gasteiger partial charge in [0, 0.05) is 28.9 Å². The molecule has 7 heteroatoms. The summed E-state index contributed by atoms with van der Waals surface area (Å²) in [5.74, 6) is 3.25. The highest BCUT2D eigenvalue weighted by Crippen LogP contribution is 2.35. The largest absolute Gasteiger partial charge is 0.496 e. The Balaban J connectivity index is 1.64. The van der Waals surface area contributed by atoms with Crippen molar-refractivity contribution < 1.29 is 4.74 Å². The van der Waals surface area contributed by atoms with Crippen molar-refractivity contribution in [1.82, 2.24) is 9.97 Å². The Kier molecular flexibility index (Phi) is 6.57. The summed E-state index contributed by atoms with van der Waals surface area (Å²) in [6.45, 7) is 2.72. The maximum Gasteiger partial charge on any atom is 0.161 e. The predicted molar refractivity (Wildman–Crippen MR) is 124 cm³/mol. The molecule has 2 N–H and O–H groups in total. The van der Waals surface area contributed by atoms with Gasteiger partial charge in [-0.25, -0.2) is 9.97 Å². The van der Waals surface area contributed by atoms with Crippen LogP contribution in [0.25, 0.3) is 11.0 Å². The fourth-order valence-electron chi connectivity index (χ4n) is 3.66. The van der Waals surface area contributed by atoms with Crippen LogP contribution in [0.1, 0.15) is 18.4 Å². The molecular weight excluding hydrogens is 448 g/mol. The van der Waals surface area contributed by atoms with Crippen molar-refractivity contribution in [3.8, 4) is 5.75 Å². The van der Waals surface area contributed by atoms with Crippen molar-refractivity contribution >= 4 is 44.5 Å². The number of rotatable bonds is 6. The van der Waals surface area contributed by atoms with E-state index >= 15 is 0 Å². The van der Waals surface area contributed by atoms with E-state index in [-0.39, 0.29) is 0 Å². The quantitative estimate of drug-likeness (QED) is 0.516. The Bertz CT molecular complexity index is 992. The van der Waals surface area contributed by atoms with E-state index < -0.39 is 0 Å². The van der Waals surface area contributed by atoms with Gasteiger partial charge in [-0.2, -0.15) is 0 Å². The van der Waals surface area contributed by atoms with Crippen LogP contribution in [-0.2, 0) is 5.75 Å². The molecule has 1 aliphatic heterocycles. The molecule has 3 aromatic rings. The van der Waals surface area contributed by atoms with Crippen molar-refractivity contribution in [3.05, 3.63) is 52.5 Å². The molecule has 152 valence electrons. The number of halogens is 1. The number of benzene rings is 2. The molecule has 0 unspecified atom stereocenters. The van der Waals surface area contributed by atoms with Gasteiger partial charge >= 0.3 is 0 Å². The zero-order chi connectivity index (χ0) is 20.2. The molecule has 0 saturated carbocycles. The summed E-state index contributed by atoms with van der Waals surface area (Å²) in [7, 11) is 1.71.